The third-order valence-corrected chi connectivity index (χ3v) is 3.17. The number of nitrogens with zero attached hydrogens (tertiary/aromatic N) is 3. The summed E-state index contributed by atoms with van der Waals surface area (Å²) in [6, 6.07) is 8.34. The molecule has 0 bridgehead atoms. The van der Waals surface area contributed by atoms with E-state index in [0.717, 1.165) is 12.1 Å². The maximum atomic E-state index is 8.96. The second-order valence-corrected chi connectivity index (χ2v) is 4.33. The predicted molar refractivity (Wildman–Crippen MR) is 68.5 cm³/mol. The van der Waals surface area contributed by atoms with E-state index in [1.807, 2.05) is 12.1 Å². The molecule has 2 aromatic rings. The van der Waals surface area contributed by atoms with Crippen molar-refractivity contribution in [1.29, 1.82) is 5.26 Å². The average Bonchev–Trinajstić information content (AvgIpc) is 2.87. The summed E-state index contributed by atoms with van der Waals surface area (Å²) in [6.07, 6.45) is 6.64. The summed E-state index contributed by atoms with van der Waals surface area (Å²) in [7, 11) is 0. The van der Waals surface area contributed by atoms with Gasteiger partial charge in [-0.15, -0.1) is 0 Å². The lowest BCUT2D eigenvalue weighted by Gasteiger charge is -2.08. The minimum absolute atomic E-state index is 0.318. The van der Waals surface area contributed by atoms with E-state index in [-0.39, 0.29) is 0 Å². The number of aromatic nitrogens is 2. The van der Waals surface area contributed by atoms with Crippen molar-refractivity contribution in [3.05, 3.63) is 47.4 Å². The van der Waals surface area contributed by atoms with Crippen molar-refractivity contribution < 1.29 is 0 Å². The van der Waals surface area contributed by atoms with E-state index in [2.05, 4.69) is 27.4 Å². The molecule has 0 saturated carbocycles. The quantitative estimate of drug-likeness (QED) is 0.870. The minimum Gasteiger partial charge on any atom is -0.338 e. The van der Waals surface area contributed by atoms with Crippen LogP contribution in [0.2, 0.25) is 0 Å². The van der Waals surface area contributed by atoms with Crippen LogP contribution in [-0.4, -0.2) is 9.97 Å². The van der Waals surface area contributed by atoms with Crippen LogP contribution in [0.25, 0.3) is 0 Å². The molecular formula is C14H12N4. The van der Waals surface area contributed by atoms with Crippen molar-refractivity contribution in [1.82, 2.24) is 9.97 Å². The van der Waals surface area contributed by atoms with Crippen LogP contribution < -0.4 is 5.32 Å². The fraction of sp³-hybridized carbons (Fsp3) is 0.214. The van der Waals surface area contributed by atoms with Gasteiger partial charge in [-0.3, -0.25) is 0 Å². The van der Waals surface area contributed by atoms with Gasteiger partial charge in [0.2, 0.25) is 0 Å². The normalized spacial score (nSPS) is 12.8. The summed E-state index contributed by atoms with van der Waals surface area (Å²) >= 11 is 0. The monoisotopic (exact) mass is 236 g/mol. The van der Waals surface area contributed by atoms with Gasteiger partial charge in [0.05, 0.1) is 0 Å². The SMILES string of the molecule is N#Cc1nccnc1Nc1ccc2c(c1)CCC2. The summed E-state index contributed by atoms with van der Waals surface area (Å²) < 4.78 is 0. The first-order valence-electron chi connectivity index (χ1n) is 5.97. The van der Waals surface area contributed by atoms with Gasteiger partial charge in [-0.05, 0) is 42.5 Å². The molecule has 1 N–H and O–H groups in total. The van der Waals surface area contributed by atoms with Gasteiger partial charge in [0, 0.05) is 18.1 Å². The highest BCUT2D eigenvalue weighted by atomic mass is 15.0. The van der Waals surface area contributed by atoms with Crippen LogP contribution in [0.1, 0.15) is 23.2 Å². The standard InChI is InChI=1S/C14H12N4/c15-9-13-14(17-7-6-16-13)18-12-5-4-10-2-1-3-11(10)8-12/h4-8H,1-3H2,(H,17,18). The van der Waals surface area contributed by atoms with Crippen molar-refractivity contribution in [3.8, 4) is 6.07 Å². The van der Waals surface area contributed by atoms with E-state index in [9.17, 15) is 0 Å². The van der Waals surface area contributed by atoms with Gasteiger partial charge < -0.3 is 5.32 Å². The Morgan fingerprint density at radius 1 is 1.11 bits per heavy atom. The van der Waals surface area contributed by atoms with Gasteiger partial charge in [-0.1, -0.05) is 6.07 Å². The fourth-order valence-electron chi connectivity index (χ4n) is 2.30. The topological polar surface area (TPSA) is 61.6 Å². The van der Waals surface area contributed by atoms with E-state index >= 15 is 0 Å². The molecule has 1 aromatic heterocycles. The lowest BCUT2D eigenvalue weighted by Crippen LogP contribution is -1.99. The number of nitriles is 1. The number of anilines is 2. The molecular weight excluding hydrogens is 224 g/mol. The zero-order valence-electron chi connectivity index (χ0n) is 9.85. The molecule has 1 heterocycles. The fourth-order valence-corrected chi connectivity index (χ4v) is 2.30. The molecule has 0 spiro atoms. The smallest absolute Gasteiger partial charge is 0.183 e. The maximum absolute atomic E-state index is 8.96. The second-order valence-electron chi connectivity index (χ2n) is 4.33. The largest absolute Gasteiger partial charge is 0.338 e. The molecule has 18 heavy (non-hydrogen) atoms. The Morgan fingerprint density at radius 2 is 1.94 bits per heavy atom. The lowest BCUT2D eigenvalue weighted by molar-refractivity contribution is 0.912. The molecule has 4 nitrogen and oxygen atoms in total. The highest BCUT2D eigenvalue weighted by Gasteiger charge is 2.11. The molecule has 1 aliphatic rings. The van der Waals surface area contributed by atoms with Crippen LogP contribution in [0.3, 0.4) is 0 Å². The number of fused-ring (bicyclic) bond motifs is 1. The summed E-state index contributed by atoms with van der Waals surface area (Å²) in [5.41, 5.74) is 4.10. The molecule has 1 aromatic carbocycles. The third kappa shape index (κ3) is 1.91. The Kier molecular flexibility index (Phi) is 2.66. The first-order valence-corrected chi connectivity index (χ1v) is 5.97. The van der Waals surface area contributed by atoms with Gasteiger partial charge in [0.25, 0.3) is 0 Å². The Labute approximate surface area is 105 Å². The summed E-state index contributed by atoms with van der Waals surface area (Å²) in [6.45, 7) is 0. The summed E-state index contributed by atoms with van der Waals surface area (Å²) in [5, 5.41) is 12.1. The molecule has 0 saturated heterocycles. The van der Waals surface area contributed by atoms with Crippen LogP contribution in [0.5, 0.6) is 0 Å². The number of hydrogen-bond donors (Lipinski definition) is 1. The number of nitrogens with one attached hydrogen (secondary N) is 1. The molecule has 4 heteroatoms. The van der Waals surface area contributed by atoms with Crippen molar-refractivity contribution in [2.45, 2.75) is 19.3 Å². The highest BCUT2D eigenvalue weighted by molar-refractivity contribution is 5.62. The molecule has 0 aliphatic heterocycles. The first-order chi connectivity index (χ1) is 8.86. The van der Waals surface area contributed by atoms with E-state index in [1.54, 1.807) is 6.20 Å². The van der Waals surface area contributed by atoms with Crippen molar-refractivity contribution in [2.24, 2.45) is 0 Å². The Hall–Kier alpha value is -2.41. The van der Waals surface area contributed by atoms with Crippen molar-refractivity contribution >= 4 is 11.5 Å². The van der Waals surface area contributed by atoms with Gasteiger partial charge >= 0.3 is 0 Å². The zero-order chi connectivity index (χ0) is 12.4. The zero-order valence-corrected chi connectivity index (χ0v) is 9.85. The van der Waals surface area contributed by atoms with Gasteiger partial charge in [-0.2, -0.15) is 5.26 Å². The van der Waals surface area contributed by atoms with Gasteiger partial charge in [0.15, 0.2) is 11.5 Å². The number of rotatable bonds is 2. The summed E-state index contributed by atoms with van der Waals surface area (Å²) in [4.78, 5) is 8.12. The first kappa shape index (κ1) is 10.7. The predicted octanol–water partition coefficient (Wildman–Crippen LogP) is 2.58. The molecule has 3 rings (SSSR count). The second kappa shape index (κ2) is 4.46. The van der Waals surface area contributed by atoms with Crippen LogP contribution >= 0.6 is 0 Å². The third-order valence-electron chi connectivity index (χ3n) is 3.17. The van der Waals surface area contributed by atoms with Crippen LogP contribution in [0.15, 0.2) is 30.6 Å². The van der Waals surface area contributed by atoms with Gasteiger partial charge in [0.1, 0.15) is 6.07 Å². The minimum atomic E-state index is 0.318. The van der Waals surface area contributed by atoms with E-state index < -0.39 is 0 Å². The maximum Gasteiger partial charge on any atom is 0.183 e. The van der Waals surface area contributed by atoms with Crippen LogP contribution in [0.4, 0.5) is 11.5 Å². The molecule has 0 amide bonds. The van der Waals surface area contributed by atoms with E-state index in [0.29, 0.717) is 11.5 Å². The van der Waals surface area contributed by atoms with Crippen molar-refractivity contribution in [3.63, 3.8) is 0 Å². The van der Waals surface area contributed by atoms with Crippen LogP contribution in [0, 0.1) is 11.3 Å². The summed E-state index contributed by atoms with van der Waals surface area (Å²) in [5.74, 6) is 0.512. The molecule has 0 fully saturated rings. The molecule has 88 valence electrons. The Morgan fingerprint density at radius 3 is 2.83 bits per heavy atom. The molecule has 0 unspecified atom stereocenters. The Bertz CT molecular complexity index is 628. The number of aryl methyl sites for hydroxylation is 2. The molecule has 1 aliphatic carbocycles. The van der Waals surface area contributed by atoms with Gasteiger partial charge in [-0.25, -0.2) is 9.97 Å². The van der Waals surface area contributed by atoms with Crippen LogP contribution in [-0.2, 0) is 12.8 Å². The average molecular weight is 236 g/mol. The van der Waals surface area contributed by atoms with Crippen molar-refractivity contribution in [2.75, 3.05) is 5.32 Å². The molecule has 0 atom stereocenters. The number of benzene rings is 1. The lowest BCUT2D eigenvalue weighted by atomic mass is 10.1. The Balaban J connectivity index is 1.91. The van der Waals surface area contributed by atoms with E-state index in [1.165, 1.54) is 30.2 Å². The molecule has 0 radical (unpaired) electrons. The highest BCUT2D eigenvalue weighted by Crippen LogP contribution is 2.26. The number of hydrogen-bond acceptors (Lipinski definition) is 4. The van der Waals surface area contributed by atoms with E-state index in [4.69, 9.17) is 5.26 Å².